The number of rotatable bonds is 8. The molecule has 4 nitrogen and oxygen atoms in total. The summed E-state index contributed by atoms with van der Waals surface area (Å²) in [6.45, 7) is 10.4. The number of hydrogen-bond acceptors (Lipinski definition) is 3. The summed E-state index contributed by atoms with van der Waals surface area (Å²) < 4.78 is 11.6. The molecule has 0 radical (unpaired) electrons. The van der Waals surface area contributed by atoms with Crippen LogP contribution in [0.15, 0.2) is 42.5 Å². The number of hydrogen-bond donors (Lipinski definition) is 1. The van der Waals surface area contributed by atoms with Crippen molar-refractivity contribution in [1.29, 1.82) is 0 Å². The molecule has 0 saturated heterocycles. The maximum Gasteiger partial charge on any atom is 0.261 e. The van der Waals surface area contributed by atoms with Gasteiger partial charge in [0.05, 0.1) is 6.04 Å². The quantitative estimate of drug-likeness (QED) is 0.766. The lowest BCUT2D eigenvalue weighted by atomic mass is 10.1. The van der Waals surface area contributed by atoms with E-state index >= 15 is 0 Å². The van der Waals surface area contributed by atoms with Gasteiger partial charge in [0, 0.05) is 0 Å². The largest absolute Gasteiger partial charge is 0.491 e. The smallest absolute Gasteiger partial charge is 0.261 e. The average molecular weight is 355 g/mol. The first-order valence-electron chi connectivity index (χ1n) is 9.12. The van der Waals surface area contributed by atoms with Crippen LogP contribution >= 0.6 is 0 Å². The van der Waals surface area contributed by atoms with Crippen molar-refractivity contribution >= 4 is 5.91 Å². The van der Waals surface area contributed by atoms with Crippen molar-refractivity contribution in [2.45, 2.75) is 53.2 Å². The van der Waals surface area contributed by atoms with Crippen molar-refractivity contribution < 1.29 is 14.3 Å². The number of amides is 1. The van der Waals surface area contributed by atoms with E-state index < -0.39 is 6.10 Å². The Labute approximate surface area is 156 Å². The summed E-state index contributed by atoms with van der Waals surface area (Å²) in [5, 5.41) is 2.97. The maximum absolute atomic E-state index is 12.5. The van der Waals surface area contributed by atoms with E-state index in [1.807, 2.05) is 70.2 Å². The molecule has 0 spiro atoms. The van der Waals surface area contributed by atoms with Gasteiger partial charge in [-0.3, -0.25) is 4.79 Å². The van der Waals surface area contributed by atoms with E-state index in [0.29, 0.717) is 13.0 Å². The average Bonchev–Trinajstić information content (AvgIpc) is 2.62. The highest BCUT2D eigenvalue weighted by Gasteiger charge is 2.20. The molecule has 0 aromatic heterocycles. The van der Waals surface area contributed by atoms with Crippen molar-refractivity contribution in [2.75, 3.05) is 6.61 Å². The Kier molecular flexibility index (Phi) is 7.07. The molecule has 140 valence electrons. The van der Waals surface area contributed by atoms with E-state index in [9.17, 15) is 4.79 Å². The van der Waals surface area contributed by atoms with Crippen LogP contribution in [0.1, 0.15) is 37.0 Å². The molecular formula is C22H29NO3. The van der Waals surface area contributed by atoms with Crippen LogP contribution in [-0.2, 0) is 4.79 Å². The predicted octanol–water partition coefficient (Wildman–Crippen LogP) is 4.35. The number of carbonyl (C=O) groups is 1. The Hall–Kier alpha value is -2.49. The third-order valence-electron chi connectivity index (χ3n) is 4.33. The molecule has 0 unspecified atom stereocenters. The first-order valence-corrected chi connectivity index (χ1v) is 9.12. The maximum atomic E-state index is 12.5. The van der Waals surface area contributed by atoms with Gasteiger partial charge in [-0.1, -0.05) is 30.7 Å². The summed E-state index contributed by atoms with van der Waals surface area (Å²) >= 11 is 0. The number of carbonyl (C=O) groups excluding carboxylic acids is 1. The summed E-state index contributed by atoms with van der Waals surface area (Å²) in [5.74, 6) is 1.40. The monoisotopic (exact) mass is 355 g/mol. The van der Waals surface area contributed by atoms with Crippen molar-refractivity contribution in [3.63, 3.8) is 0 Å². The van der Waals surface area contributed by atoms with Gasteiger partial charge in [-0.15, -0.1) is 0 Å². The molecule has 1 N–H and O–H groups in total. The van der Waals surface area contributed by atoms with Gasteiger partial charge in [-0.2, -0.15) is 0 Å². The van der Waals surface area contributed by atoms with Crippen LogP contribution in [-0.4, -0.2) is 24.7 Å². The van der Waals surface area contributed by atoms with Gasteiger partial charge in [-0.05, 0) is 69.5 Å². The fraction of sp³-hybridized carbons (Fsp3) is 0.409. The standard InChI is InChI=1S/C22H29NO3/c1-6-21(26-20-12-9-16(3)17(4)13-20)22(24)23-18(5)14-25-19-10-7-15(2)8-11-19/h7-13,18,21H,6,14H2,1-5H3,(H,23,24)/t18-,21+/m0/s1. The zero-order chi connectivity index (χ0) is 19.1. The summed E-state index contributed by atoms with van der Waals surface area (Å²) in [4.78, 5) is 12.5. The molecule has 26 heavy (non-hydrogen) atoms. The Balaban J connectivity index is 1.86. The zero-order valence-electron chi connectivity index (χ0n) is 16.3. The Bertz CT molecular complexity index is 725. The van der Waals surface area contributed by atoms with E-state index in [4.69, 9.17) is 9.47 Å². The number of nitrogens with one attached hydrogen (secondary N) is 1. The number of benzene rings is 2. The highest BCUT2D eigenvalue weighted by atomic mass is 16.5. The second-order valence-corrected chi connectivity index (χ2v) is 6.79. The third kappa shape index (κ3) is 5.80. The van der Waals surface area contributed by atoms with Crippen LogP contribution in [0, 0.1) is 20.8 Å². The lowest BCUT2D eigenvalue weighted by molar-refractivity contribution is -0.128. The second kappa shape index (κ2) is 9.27. The second-order valence-electron chi connectivity index (χ2n) is 6.79. The van der Waals surface area contributed by atoms with Crippen LogP contribution in [0.2, 0.25) is 0 Å². The summed E-state index contributed by atoms with van der Waals surface area (Å²) in [5.41, 5.74) is 3.54. The highest BCUT2D eigenvalue weighted by Crippen LogP contribution is 2.18. The van der Waals surface area contributed by atoms with E-state index in [1.165, 1.54) is 11.1 Å². The summed E-state index contributed by atoms with van der Waals surface area (Å²) in [6.07, 6.45) is 0.0866. The molecule has 2 atom stereocenters. The number of ether oxygens (including phenoxy) is 2. The fourth-order valence-corrected chi connectivity index (χ4v) is 2.51. The van der Waals surface area contributed by atoms with Gasteiger partial charge >= 0.3 is 0 Å². The van der Waals surface area contributed by atoms with Crippen LogP contribution in [0.4, 0.5) is 0 Å². The minimum Gasteiger partial charge on any atom is -0.491 e. The van der Waals surface area contributed by atoms with E-state index in [2.05, 4.69) is 12.2 Å². The van der Waals surface area contributed by atoms with Gasteiger partial charge in [0.15, 0.2) is 6.10 Å². The van der Waals surface area contributed by atoms with Crippen LogP contribution < -0.4 is 14.8 Å². The van der Waals surface area contributed by atoms with Gasteiger partial charge in [0.1, 0.15) is 18.1 Å². The Morgan fingerprint density at radius 2 is 1.65 bits per heavy atom. The molecule has 2 aromatic rings. The van der Waals surface area contributed by atoms with Crippen molar-refractivity contribution in [3.8, 4) is 11.5 Å². The molecule has 0 saturated carbocycles. The van der Waals surface area contributed by atoms with Gasteiger partial charge in [0.25, 0.3) is 5.91 Å². The Morgan fingerprint density at radius 1 is 1.00 bits per heavy atom. The molecule has 0 bridgehead atoms. The molecule has 0 aliphatic rings. The molecular weight excluding hydrogens is 326 g/mol. The van der Waals surface area contributed by atoms with Crippen LogP contribution in [0.3, 0.4) is 0 Å². The van der Waals surface area contributed by atoms with Gasteiger partial charge in [-0.25, -0.2) is 0 Å². The molecule has 0 aliphatic heterocycles. The first kappa shape index (κ1) is 19.8. The fourth-order valence-electron chi connectivity index (χ4n) is 2.51. The molecule has 2 aromatic carbocycles. The molecule has 0 fully saturated rings. The summed E-state index contributed by atoms with van der Waals surface area (Å²) in [6, 6.07) is 13.6. The summed E-state index contributed by atoms with van der Waals surface area (Å²) in [7, 11) is 0. The van der Waals surface area contributed by atoms with Crippen LogP contribution in [0.5, 0.6) is 11.5 Å². The van der Waals surface area contributed by atoms with Crippen molar-refractivity contribution in [2.24, 2.45) is 0 Å². The van der Waals surface area contributed by atoms with Gasteiger partial charge in [0.2, 0.25) is 0 Å². The van der Waals surface area contributed by atoms with Gasteiger partial charge < -0.3 is 14.8 Å². The first-order chi connectivity index (χ1) is 12.4. The molecule has 0 heterocycles. The normalized spacial score (nSPS) is 13.0. The van der Waals surface area contributed by atoms with E-state index in [1.54, 1.807) is 0 Å². The zero-order valence-corrected chi connectivity index (χ0v) is 16.3. The molecule has 0 aliphatic carbocycles. The third-order valence-corrected chi connectivity index (χ3v) is 4.33. The molecule has 1 amide bonds. The molecule has 4 heteroatoms. The van der Waals surface area contributed by atoms with Crippen molar-refractivity contribution in [3.05, 3.63) is 59.2 Å². The minimum atomic E-state index is -0.515. The van der Waals surface area contributed by atoms with E-state index in [-0.39, 0.29) is 11.9 Å². The van der Waals surface area contributed by atoms with Crippen molar-refractivity contribution in [1.82, 2.24) is 5.32 Å². The topological polar surface area (TPSA) is 47.6 Å². The van der Waals surface area contributed by atoms with Crippen LogP contribution in [0.25, 0.3) is 0 Å². The number of aryl methyl sites for hydroxylation is 3. The lowest BCUT2D eigenvalue weighted by Crippen LogP contribution is -2.44. The highest BCUT2D eigenvalue weighted by molar-refractivity contribution is 5.81. The SMILES string of the molecule is CC[C@@H](Oc1ccc(C)c(C)c1)C(=O)N[C@@H](C)COc1ccc(C)cc1. The predicted molar refractivity (Wildman–Crippen MR) is 105 cm³/mol. The van der Waals surface area contributed by atoms with E-state index in [0.717, 1.165) is 17.1 Å². The molecule has 2 rings (SSSR count). The lowest BCUT2D eigenvalue weighted by Gasteiger charge is -2.21. The minimum absolute atomic E-state index is 0.110. The Morgan fingerprint density at radius 3 is 2.27 bits per heavy atom.